The van der Waals surface area contributed by atoms with Crippen LogP contribution in [0.2, 0.25) is 0 Å². The zero-order valence-electron chi connectivity index (χ0n) is 9.59. The molecule has 17 heavy (non-hydrogen) atoms. The van der Waals surface area contributed by atoms with Gasteiger partial charge in [-0.15, -0.1) is 0 Å². The summed E-state index contributed by atoms with van der Waals surface area (Å²) in [5, 5.41) is 0. The summed E-state index contributed by atoms with van der Waals surface area (Å²) in [6.07, 6.45) is 1.71. The summed E-state index contributed by atoms with van der Waals surface area (Å²) in [7, 11) is 0. The van der Waals surface area contributed by atoms with Crippen molar-refractivity contribution in [1.29, 1.82) is 0 Å². The minimum Gasteiger partial charge on any atom is -0.462 e. The first kappa shape index (κ1) is 11.3. The Balaban J connectivity index is 2.45. The average Bonchev–Trinajstić information content (AvgIpc) is 2.40. The van der Waals surface area contributed by atoms with Gasteiger partial charge in [0.2, 0.25) is 0 Å². The lowest BCUT2D eigenvalue weighted by atomic mass is 10.0. The molecular weight excluding hydrogens is 214 g/mol. The Kier molecular flexibility index (Phi) is 3.50. The summed E-state index contributed by atoms with van der Waals surface area (Å²) in [6, 6.07) is 12.9. The maximum Gasteiger partial charge on any atom is 0.338 e. The van der Waals surface area contributed by atoms with E-state index in [0.29, 0.717) is 12.2 Å². The Morgan fingerprint density at radius 2 is 1.94 bits per heavy atom. The Hall–Kier alpha value is -2.16. The first-order chi connectivity index (χ1) is 8.33. The predicted molar refractivity (Wildman–Crippen MR) is 65.6 cm³/mol. The maximum absolute atomic E-state index is 11.8. The highest BCUT2D eigenvalue weighted by atomic mass is 16.5. The molecule has 0 unspecified atom stereocenters. The van der Waals surface area contributed by atoms with Gasteiger partial charge in [-0.1, -0.05) is 24.3 Å². The number of nitrogens with zero attached hydrogens (tertiary/aromatic N) is 1. The number of ether oxygens (including phenoxy) is 1. The molecule has 0 spiro atoms. The third-order valence-corrected chi connectivity index (χ3v) is 2.36. The van der Waals surface area contributed by atoms with E-state index in [1.807, 2.05) is 36.4 Å². The van der Waals surface area contributed by atoms with Gasteiger partial charge in [0.1, 0.15) is 0 Å². The van der Waals surface area contributed by atoms with Crippen LogP contribution in [0.25, 0.3) is 11.3 Å². The second-order valence-electron chi connectivity index (χ2n) is 3.48. The van der Waals surface area contributed by atoms with Crippen molar-refractivity contribution < 1.29 is 9.53 Å². The lowest BCUT2D eigenvalue weighted by Crippen LogP contribution is -2.06. The van der Waals surface area contributed by atoms with Gasteiger partial charge >= 0.3 is 5.97 Å². The monoisotopic (exact) mass is 227 g/mol. The van der Waals surface area contributed by atoms with Crippen LogP contribution in [0.3, 0.4) is 0 Å². The molecule has 0 aliphatic heterocycles. The van der Waals surface area contributed by atoms with Crippen LogP contribution in [0.1, 0.15) is 17.3 Å². The molecule has 3 nitrogen and oxygen atoms in total. The van der Waals surface area contributed by atoms with Crippen molar-refractivity contribution in [2.24, 2.45) is 0 Å². The Morgan fingerprint density at radius 3 is 2.65 bits per heavy atom. The van der Waals surface area contributed by atoms with Crippen molar-refractivity contribution in [2.45, 2.75) is 6.92 Å². The average molecular weight is 227 g/mol. The molecule has 1 aromatic heterocycles. The van der Waals surface area contributed by atoms with E-state index in [9.17, 15) is 4.79 Å². The van der Waals surface area contributed by atoms with Crippen LogP contribution in [-0.2, 0) is 4.74 Å². The van der Waals surface area contributed by atoms with Gasteiger partial charge in [0.15, 0.2) is 0 Å². The smallest absolute Gasteiger partial charge is 0.338 e. The highest BCUT2D eigenvalue weighted by molar-refractivity contribution is 5.96. The lowest BCUT2D eigenvalue weighted by molar-refractivity contribution is 0.0527. The molecule has 2 aromatic rings. The lowest BCUT2D eigenvalue weighted by Gasteiger charge is -2.07. The maximum atomic E-state index is 11.8. The molecule has 3 heteroatoms. The van der Waals surface area contributed by atoms with Gasteiger partial charge in [0.25, 0.3) is 0 Å². The van der Waals surface area contributed by atoms with Crippen LogP contribution >= 0.6 is 0 Å². The molecule has 0 saturated heterocycles. The van der Waals surface area contributed by atoms with Crippen LogP contribution in [0.4, 0.5) is 0 Å². The van der Waals surface area contributed by atoms with Gasteiger partial charge in [-0.25, -0.2) is 4.79 Å². The van der Waals surface area contributed by atoms with Crippen LogP contribution in [0.15, 0.2) is 48.7 Å². The second-order valence-corrected chi connectivity index (χ2v) is 3.48. The SMILES string of the molecule is CCOC(=O)c1ccccc1-c1ccccn1. The van der Waals surface area contributed by atoms with E-state index in [1.165, 1.54) is 0 Å². The molecule has 0 radical (unpaired) electrons. The minimum absolute atomic E-state index is 0.311. The highest BCUT2D eigenvalue weighted by Gasteiger charge is 2.13. The number of esters is 1. The van der Waals surface area contributed by atoms with Gasteiger partial charge in [0.05, 0.1) is 17.9 Å². The molecule has 2 rings (SSSR count). The highest BCUT2D eigenvalue weighted by Crippen LogP contribution is 2.21. The van der Waals surface area contributed by atoms with Crippen molar-refractivity contribution in [2.75, 3.05) is 6.61 Å². The third-order valence-electron chi connectivity index (χ3n) is 2.36. The molecule has 0 atom stereocenters. The van der Waals surface area contributed by atoms with E-state index in [-0.39, 0.29) is 5.97 Å². The van der Waals surface area contributed by atoms with E-state index in [0.717, 1.165) is 11.3 Å². The van der Waals surface area contributed by atoms with Gasteiger partial charge < -0.3 is 4.74 Å². The van der Waals surface area contributed by atoms with E-state index in [4.69, 9.17) is 4.74 Å². The fourth-order valence-corrected chi connectivity index (χ4v) is 1.62. The van der Waals surface area contributed by atoms with E-state index in [2.05, 4.69) is 4.98 Å². The number of carbonyl (C=O) groups excluding carboxylic acids is 1. The Morgan fingerprint density at radius 1 is 1.18 bits per heavy atom. The zero-order chi connectivity index (χ0) is 12.1. The molecule has 1 aromatic carbocycles. The first-order valence-electron chi connectivity index (χ1n) is 5.50. The Labute approximate surface area is 100 Å². The van der Waals surface area contributed by atoms with Crippen LogP contribution in [0.5, 0.6) is 0 Å². The van der Waals surface area contributed by atoms with Crippen LogP contribution in [-0.4, -0.2) is 17.6 Å². The summed E-state index contributed by atoms with van der Waals surface area (Å²) in [5.41, 5.74) is 2.12. The largest absolute Gasteiger partial charge is 0.462 e. The van der Waals surface area contributed by atoms with Gasteiger partial charge in [0, 0.05) is 11.8 Å². The Bertz CT molecular complexity index is 509. The summed E-state index contributed by atoms with van der Waals surface area (Å²) in [5.74, 6) is -0.311. The fourth-order valence-electron chi connectivity index (χ4n) is 1.62. The second kappa shape index (κ2) is 5.25. The van der Waals surface area contributed by atoms with Crippen molar-refractivity contribution in [1.82, 2.24) is 4.98 Å². The van der Waals surface area contributed by atoms with Crippen molar-refractivity contribution in [3.63, 3.8) is 0 Å². The van der Waals surface area contributed by atoms with Gasteiger partial charge in [-0.3, -0.25) is 4.98 Å². The van der Waals surface area contributed by atoms with E-state index >= 15 is 0 Å². The van der Waals surface area contributed by atoms with Crippen LogP contribution < -0.4 is 0 Å². The molecule has 0 bridgehead atoms. The predicted octanol–water partition coefficient (Wildman–Crippen LogP) is 2.93. The molecule has 0 N–H and O–H groups in total. The van der Waals surface area contributed by atoms with Crippen LogP contribution in [0, 0.1) is 0 Å². The molecule has 1 heterocycles. The molecule has 0 aliphatic rings. The molecule has 0 saturated carbocycles. The summed E-state index contributed by atoms with van der Waals surface area (Å²) in [6.45, 7) is 2.16. The number of rotatable bonds is 3. The number of carbonyl (C=O) groups is 1. The van der Waals surface area contributed by atoms with E-state index in [1.54, 1.807) is 19.2 Å². The van der Waals surface area contributed by atoms with Gasteiger partial charge in [-0.05, 0) is 25.1 Å². The molecular formula is C14H13NO2. The topological polar surface area (TPSA) is 39.2 Å². The third kappa shape index (κ3) is 2.50. The van der Waals surface area contributed by atoms with Crippen molar-refractivity contribution >= 4 is 5.97 Å². The van der Waals surface area contributed by atoms with Crippen molar-refractivity contribution in [3.8, 4) is 11.3 Å². The number of pyridine rings is 1. The number of hydrogen-bond donors (Lipinski definition) is 0. The molecule has 0 aliphatic carbocycles. The fraction of sp³-hybridized carbons (Fsp3) is 0.143. The molecule has 0 fully saturated rings. The van der Waals surface area contributed by atoms with Crippen molar-refractivity contribution in [3.05, 3.63) is 54.2 Å². The first-order valence-corrected chi connectivity index (χ1v) is 5.50. The number of aromatic nitrogens is 1. The molecule has 86 valence electrons. The molecule has 0 amide bonds. The summed E-state index contributed by atoms with van der Waals surface area (Å²) >= 11 is 0. The zero-order valence-corrected chi connectivity index (χ0v) is 9.59. The number of benzene rings is 1. The number of hydrogen-bond acceptors (Lipinski definition) is 3. The van der Waals surface area contributed by atoms with Gasteiger partial charge in [-0.2, -0.15) is 0 Å². The minimum atomic E-state index is -0.311. The summed E-state index contributed by atoms with van der Waals surface area (Å²) in [4.78, 5) is 16.0. The van der Waals surface area contributed by atoms with E-state index < -0.39 is 0 Å². The summed E-state index contributed by atoms with van der Waals surface area (Å²) < 4.78 is 5.02. The standard InChI is InChI=1S/C14H13NO2/c1-2-17-14(16)12-8-4-3-7-11(12)13-9-5-6-10-15-13/h3-10H,2H2,1H3. The quantitative estimate of drug-likeness (QED) is 0.757. The normalized spacial score (nSPS) is 9.94.